The first kappa shape index (κ1) is 25.5. The predicted molar refractivity (Wildman–Crippen MR) is 133 cm³/mol. The van der Waals surface area contributed by atoms with Crippen molar-refractivity contribution in [1.82, 2.24) is 20.4 Å². The maximum Gasteiger partial charge on any atom is 0.410 e. The van der Waals surface area contributed by atoms with E-state index < -0.39 is 5.60 Å². The van der Waals surface area contributed by atoms with Gasteiger partial charge in [0.05, 0.1) is 0 Å². The number of amides is 1. The maximum atomic E-state index is 12.7. The average molecular weight is 536 g/mol. The molecule has 30 heavy (non-hydrogen) atoms. The molecular weight excluding hydrogens is 493 g/mol. The van der Waals surface area contributed by atoms with Gasteiger partial charge in [-0.3, -0.25) is 4.99 Å². The summed E-state index contributed by atoms with van der Waals surface area (Å²) < 4.78 is 5.65. The zero-order valence-corrected chi connectivity index (χ0v) is 21.8. The Hall–Kier alpha value is -0.770. The highest BCUT2D eigenvalue weighted by Gasteiger charge is 2.45. The largest absolute Gasteiger partial charge is 0.444 e. The lowest BCUT2D eigenvalue weighted by molar-refractivity contribution is 0.00545. The smallest absolute Gasteiger partial charge is 0.410 e. The number of hydrogen-bond donors (Lipinski definition) is 2. The van der Waals surface area contributed by atoms with Crippen molar-refractivity contribution in [1.29, 1.82) is 0 Å². The van der Waals surface area contributed by atoms with E-state index in [4.69, 9.17) is 9.73 Å². The van der Waals surface area contributed by atoms with Gasteiger partial charge in [-0.15, -0.1) is 24.0 Å². The second-order valence-corrected chi connectivity index (χ2v) is 10.1. The molecule has 0 radical (unpaired) electrons. The summed E-state index contributed by atoms with van der Waals surface area (Å²) in [5, 5.41) is 7.08. The summed E-state index contributed by atoms with van der Waals surface area (Å²) in [5.74, 6) is 1.57. The first-order valence-corrected chi connectivity index (χ1v) is 11.5. The Labute approximate surface area is 199 Å². The van der Waals surface area contributed by atoms with E-state index >= 15 is 0 Å². The standard InChI is InChI=1S/C22H41N5O2.HI/c1-6-23-20(24-14-16-8-7-11-26(5)15-16)25-17-12-18-9-10-19(13-17)27(18)21(28)29-22(2,3)4;/h16-19H,6-15H2,1-5H3,(H2,23,24,25);1H. The molecule has 0 saturated carbocycles. The van der Waals surface area contributed by atoms with E-state index in [9.17, 15) is 4.79 Å². The summed E-state index contributed by atoms with van der Waals surface area (Å²) in [4.78, 5) is 22.0. The summed E-state index contributed by atoms with van der Waals surface area (Å²) in [7, 11) is 2.20. The van der Waals surface area contributed by atoms with Crippen LogP contribution >= 0.6 is 24.0 Å². The molecule has 0 aromatic rings. The van der Waals surface area contributed by atoms with Gasteiger partial charge in [0.2, 0.25) is 0 Å². The number of hydrogen-bond acceptors (Lipinski definition) is 4. The summed E-state index contributed by atoms with van der Waals surface area (Å²) in [5.41, 5.74) is -0.441. The molecule has 3 unspecified atom stereocenters. The van der Waals surface area contributed by atoms with E-state index in [2.05, 4.69) is 29.5 Å². The van der Waals surface area contributed by atoms with Gasteiger partial charge in [-0.1, -0.05) is 0 Å². The molecule has 3 aliphatic heterocycles. The number of piperidine rings is 2. The zero-order valence-electron chi connectivity index (χ0n) is 19.4. The Balaban J connectivity index is 0.00000320. The fourth-order valence-electron chi connectivity index (χ4n) is 5.06. The number of fused-ring (bicyclic) bond motifs is 2. The van der Waals surface area contributed by atoms with E-state index in [1.807, 2.05) is 25.7 Å². The molecule has 7 nitrogen and oxygen atoms in total. The molecule has 3 atom stereocenters. The number of carbonyl (C=O) groups excluding carboxylic acids is 1. The molecular formula is C22H42IN5O2. The van der Waals surface area contributed by atoms with Crippen molar-refractivity contribution in [2.45, 2.75) is 89.9 Å². The number of ether oxygens (including phenoxy) is 1. The predicted octanol–water partition coefficient (Wildman–Crippen LogP) is 3.43. The van der Waals surface area contributed by atoms with Crippen LogP contribution in [0.4, 0.5) is 4.79 Å². The van der Waals surface area contributed by atoms with Gasteiger partial charge < -0.3 is 25.2 Å². The summed E-state index contributed by atoms with van der Waals surface area (Å²) in [6.07, 6.45) is 6.47. The Morgan fingerprint density at radius 1 is 1.17 bits per heavy atom. The quantitative estimate of drug-likeness (QED) is 0.328. The average Bonchev–Trinajstić information content (AvgIpc) is 2.90. The first-order valence-electron chi connectivity index (χ1n) is 11.5. The number of halogens is 1. The number of likely N-dealkylation sites (tertiary alicyclic amines) is 1. The monoisotopic (exact) mass is 535 g/mol. The van der Waals surface area contributed by atoms with Crippen LogP contribution < -0.4 is 10.6 Å². The van der Waals surface area contributed by atoms with Gasteiger partial charge in [0.1, 0.15) is 5.60 Å². The third-order valence-corrected chi connectivity index (χ3v) is 6.25. The summed E-state index contributed by atoms with van der Waals surface area (Å²) in [6.45, 7) is 12.0. The van der Waals surface area contributed by atoms with Gasteiger partial charge in [-0.25, -0.2) is 4.79 Å². The van der Waals surface area contributed by atoms with Crippen LogP contribution in [0.1, 0.15) is 66.2 Å². The van der Waals surface area contributed by atoms with E-state index in [-0.39, 0.29) is 42.2 Å². The van der Waals surface area contributed by atoms with Gasteiger partial charge in [0, 0.05) is 37.8 Å². The van der Waals surface area contributed by atoms with Crippen molar-refractivity contribution in [2.75, 3.05) is 33.2 Å². The molecule has 3 heterocycles. The van der Waals surface area contributed by atoms with Crippen molar-refractivity contribution in [2.24, 2.45) is 10.9 Å². The minimum atomic E-state index is -0.441. The van der Waals surface area contributed by atoms with Gasteiger partial charge in [-0.05, 0) is 85.7 Å². The normalized spacial score (nSPS) is 29.9. The third-order valence-electron chi connectivity index (χ3n) is 6.25. The third kappa shape index (κ3) is 7.14. The molecule has 0 spiro atoms. The van der Waals surface area contributed by atoms with Crippen molar-refractivity contribution < 1.29 is 9.53 Å². The molecule has 3 fully saturated rings. The molecule has 3 rings (SSSR count). The Bertz CT molecular complexity index is 581. The number of guanidine groups is 1. The lowest BCUT2D eigenvalue weighted by atomic mass is 9.97. The number of nitrogens with zero attached hydrogens (tertiary/aromatic N) is 3. The highest BCUT2D eigenvalue weighted by Crippen LogP contribution is 2.36. The fraction of sp³-hybridized carbons (Fsp3) is 0.909. The van der Waals surface area contributed by atoms with Crippen LogP contribution in [0.25, 0.3) is 0 Å². The first-order chi connectivity index (χ1) is 13.7. The highest BCUT2D eigenvalue weighted by molar-refractivity contribution is 14.0. The van der Waals surface area contributed by atoms with Crippen LogP contribution in [-0.4, -0.2) is 78.8 Å². The molecule has 8 heteroatoms. The maximum absolute atomic E-state index is 12.7. The number of nitrogens with one attached hydrogen (secondary N) is 2. The van der Waals surface area contributed by atoms with E-state index in [0.717, 1.165) is 51.3 Å². The van der Waals surface area contributed by atoms with E-state index in [1.54, 1.807) is 0 Å². The Kier molecular flexibility index (Phi) is 9.52. The topological polar surface area (TPSA) is 69.2 Å². The number of carbonyl (C=O) groups is 1. The van der Waals surface area contributed by atoms with Crippen molar-refractivity contribution >= 4 is 36.0 Å². The van der Waals surface area contributed by atoms with Crippen LogP contribution in [0.5, 0.6) is 0 Å². The van der Waals surface area contributed by atoms with Crippen LogP contribution in [-0.2, 0) is 4.74 Å². The second-order valence-electron chi connectivity index (χ2n) is 10.1. The highest BCUT2D eigenvalue weighted by atomic mass is 127. The molecule has 3 saturated heterocycles. The number of rotatable bonds is 4. The molecule has 3 aliphatic rings. The Morgan fingerprint density at radius 2 is 1.83 bits per heavy atom. The van der Waals surface area contributed by atoms with Crippen LogP contribution in [0, 0.1) is 5.92 Å². The molecule has 2 bridgehead atoms. The fourth-order valence-corrected chi connectivity index (χ4v) is 5.06. The van der Waals surface area contributed by atoms with Crippen LogP contribution in [0.2, 0.25) is 0 Å². The van der Waals surface area contributed by atoms with E-state index in [1.165, 1.54) is 19.4 Å². The van der Waals surface area contributed by atoms with Gasteiger partial charge in [0.15, 0.2) is 5.96 Å². The van der Waals surface area contributed by atoms with Crippen molar-refractivity contribution in [3.8, 4) is 0 Å². The molecule has 1 amide bonds. The molecule has 0 aromatic heterocycles. The SMILES string of the molecule is CCNC(=NCC1CCCN(C)C1)NC1CC2CCC(C1)N2C(=O)OC(C)(C)C.I. The van der Waals surface area contributed by atoms with Crippen LogP contribution in [0.15, 0.2) is 4.99 Å². The molecule has 2 N–H and O–H groups in total. The Morgan fingerprint density at radius 3 is 2.40 bits per heavy atom. The number of aliphatic imine (C=N–C) groups is 1. The second kappa shape index (κ2) is 11.2. The minimum absolute atomic E-state index is 0. The van der Waals surface area contributed by atoms with Crippen LogP contribution in [0.3, 0.4) is 0 Å². The summed E-state index contributed by atoms with van der Waals surface area (Å²) in [6, 6.07) is 0.907. The minimum Gasteiger partial charge on any atom is -0.444 e. The van der Waals surface area contributed by atoms with E-state index in [0.29, 0.717) is 12.0 Å². The van der Waals surface area contributed by atoms with Crippen molar-refractivity contribution in [3.05, 3.63) is 0 Å². The van der Waals surface area contributed by atoms with Gasteiger partial charge in [0.25, 0.3) is 0 Å². The molecule has 174 valence electrons. The summed E-state index contributed by atoms with van der Waals surface area (Å²) >= 11 is 0. The molecule has 0 aromatic carbocycles. The zero-order chi connectivity index (χ0) is 21.0. The molecule has 0 aliphatic carbocycles. The lowest BCUT2D eigenvalue weighted by Gasteiger charge is -2.40. The van der Waals surface area contributed by atoms with Crippen molar-refractivity contribution in [3.63, 3.8) is 0 Å². The lowest BCUT2D eigenvalue weighted by Crippen LogP contribution is -2.55. The van der Waals surface area contributed by atoms with Gasteiger partial charge in [-0.2, -0.15) is 0 Å². The van der Waals surface area contributed by atoms with Gasteiger partial charge >= 0.3 is 6.09 Å².